The number of amides is 1. The average Bonchev–Trinajstić information content (AvgIpc) is 3.23. The van der Waals surface area contributed by atoms with Crippen molar-refractivity contribution in [2.24, 2.45) is 0 Å². The van der Waals surface area contributed by atoms with Crippen LogP contribution in [-0.4, -0.2) is 28.0 Å². The Balaban J connectivity index is 1.78. The summed E-state index contributed by atoms with van der Waals surface area (Å²) in [6.45, 7) is 5.97. The van der Waals surface area contributed by atoms with Gasteiger partial charge in [0.15, 0.2) is 0 Å². The van der Waals surface area contributed by atoms with Gasteiger partial charge in [-0.15, -0.1) is 0 Å². The molecule has 1 unspecified atom stereocenters. The predicted octanol–water partition coefficient (Wildman–Crippen LogP) is 4.41. The second-order valence-corrected chi connectivity index (χ2v) is 7.37. The third-order valence-electron chi connectivity index (χ3n) is 5.35. The third-order valence-corrected chi connectivity index (χ3v) is 5.35. The van der Waals surface area contributed by atoms with Gasteiger partial charge in [-0.1, -0.05) is 43.3 Å². The van der Waals surface area contributed by atoms with Crippen molar-refractivity contribution in [1.82, 2.24) is 15.0 Å². The molecule has 1 amide bonds. The first-order valence-corrected chi connectivity index (χ1v) is 9.09. The number of pyridine rings is 1. The number of benzene rings is 1. The van der Waals surface area contributed by atoms with E-state index in [2.05, 4.69) is 42.2 Å². The monoisotopic (exact) mass is 349 g/mol. The van der Waals surface area contributed by atoms with E-state index in [4.69, 9.17) is 4.52 Å². The molecule has 4 rings (SSSR count). The normalized spacial score (nSPS) is 16.3. The highest BCUT2D eigenvalue weighted by Crippen LogP contribution is 2.36. The number of hydrogen-bond donors (Lipinski definition) is 0. The molecule has 2 aromatic heterocycles. The molecule has 3 aromatic rings. The molecule has 0 bridgehead atoms. The predicted molar refractivity (Wildman–Crippen MR) is 100 cm³/mol. The zero-order valence-electron chi connectivity index (χ0n) is 15.6. The first-order chi connectivity index (χ1) is 12.5. The number of carbonyl (C=O) groups is 1. The van der Waals surface area contributed by atoms with Crippen LogP contribution >= 0.6 is 0 Å². The summed E-state index contributed by atoms with van der Waals surface area (Å²) in [5.41, 5.74) is 5.20. The van der Waals surface area contributed by atoms with Crippen molar-refractivity contribution in [3.05, 3.63) is 58.4 Å². The van der Waals surface area contributed by atoms with Crippen molar-refractivity contribution in [2.45, 2.75) is 45.6 Å². The summed E-state index contributed by atoms with van der Waals surface area (Å²) >= 11 is 0. The van der Waals surface area contributed by atoms with Gasteiger partial charge in [-0.2, -0.15) is 0 Å². The zero-order valence-corrected chi connectivity index (χ0v) is 15.6. The van der Waals surface area contributed by atoms with Crippen LogP contribution in [0, 0.1) is 6.92 Å². The summed E-state index contributed by atoms with van der Waals surface area (Å²) in [6.07, 6.45) is 1.96. The van der Waals surface area contributed by atoms with Crippen LogP contribution in [0.25, 0.3) is 11.1 Å². The van der Waals surface area contributed by atoms with Gasteiger partial charge in [0.1, 0.15) is 0 Å². The van der Waals surface area contributed by atoms with Gasteiger partial charge < -0.3 is 9.42 Å². The van der Waals surface area contributed by atoms with Crippen LogP contribution in [0.3, 0.4) is 0 Å². The minimum absolute atomic E-state index is 0.00713. The van der Waals surface area contributed by atoms with Crippen molar-refractivity contribution in [1.29, 1.82) is 0 Å². The molecule has 0 saturated carbocycles. The second-order valence-electron chi connectivity index (χ2n) is 7.37. The van der Waals surface area contributed by atoms with Crippen molar-refractivity contribution < 1.29 is 9.32 Å². The summed E-state index contributed by atoms with van der Waals surface area (Å²) in [5.74, 6) is 0.196. The molecule has 0 radical (unpaired) electrons. The quantitative estimate of drug-likeness (QED) is 0.702. The average molecular weight is 349 g/mol. The van der Waals surface area contributed by atoms with Crippen LogP contribution in [0.2, 0.25) is 0 Å². The Kier molecular flexibility index (Phi) is 4.02. The van der Waals surface area contributed by atoms with Gasteiger partial charge in [0.2, 0.25) is 0 Å². The Morgan fingerprint density at radius 3 is 2.85 bits per heavy atom. The lowest BCUT2D eigenvalue weighted by atomic mass is 10.0. The molecule has 5 heteroatoms. The van der Waals surface area contributed by atoms with E-state index in [1.165, 1.54) is 11.1 Å². The van der Waals surface area contributed by atoms with Crippen LogP contribution in [0.1, 0.15) is 65.1 Å². The van der Waals surface area contributed by atoms with Gasteiger partial charge in [0.25, 0.3) is 11.6 Å². The smallest absolute Gasteiger partial charge is 0.259 e. The molecule has 1 aromatic carbocycles. The summed E-state index contributed by atoms with van der Waals surface area (Å²) in [6, 6.07) is 10.4. The van der Waals surface area contributed by atoms with Crippen LogP contribution < -0.4 is 0 Å². The fraction of sp³-hybridized carbons (Fsp3) is 0.381. The van der Waals surface area contributed by atoms with E-state index in [0.29, 0.717) is 17.0 Å². The minimum Gasteiger partial charge on any atom is -0.336 e. The van der Waals surface area contributed by atoms with Crippen LogP contribution in [0.5, 0.6) is 0 Å². The molecule has 1 aliphatic rings. The molecule has 1 atom stereocenters. The van der Waals surface area contributed by atoms with Crippen LogP contribution in [0.4, 0.5) is 0 Å². The van der Waals surface area contributed by atoms with E-state index < -0.39 is 0 Å². The van der Waals surface area contributed by atoms with E-state index in [1.54, 1.807) is 0 Å². The molecule has 134 valence electrons. The molecule has 0 aliphatic heterocycles. The number of nitrogens with zero attached hydrogens (tertiary/aromatic N) is 3. The maximum atomic E-state index is 13.4. The van der Waals surface area contributed by atoms with Gasteiger partial charge >= 0.3 is 0 Å². The summed E-state index contributed by atoms with van der Waals surface area (Å²) in [4.78, 5) is 19.8. The SMILES string of the molecule is Cc1noc2nc(C(C)C)cc(C(=O)N(C)C3CCc4ccccc43)c12. The molecule has 0 saturated heterocycles. The fourth-order valence-corrected chi connectivity index (χ4v) is 3.85. The standard InChI is InChI=1S/C21H23N3O2/c1-12(2)17-11-16(19-13(3)23-26-20(19)22-17)21(25)24(4)18-10-9-14-7-5-6-8-15(14)18/h5-8,11-12,18H,9-10H2,1-4H3. The highest BCUT2D eigenvalue weighted by molar-refractivity contribution is 6.06. The highest BCUT2D eigenvalue weighted by atomic mass is 16.5. The Hall–Kier alpha value is -2.69. The van der Waals surface area contributed by atoms with Gasteiger partial charge in [-0.3, -0.25) is 4.79 Å². The maximum absolute atomic E-state index is 13.4. The third kappa shape index (κ3) is 2.59. The van der Waals surface area contributed by atoms with Gasteiger partial charge in [-0.05, 0) is 42.9 Å². The maximum Gasteiger partial charge on any atom is 0.259 e. The van der Waals surface area contributed by atoms with Gasteiger partial charge in [0, 0.05) is 12.7 Å². The largest absolute Gasteiger partial charge is 0.336 e. The number of fused-ring (bicyclic) bond motifs is 2. The summed E-state index contributed by atoms with van der Waals surface area (Å²) < 4.78 is 5.36. The lowest BCUT2D eigenvalue weighted by molar-refractivity contribution is 0.0732. The van der Waals surface area contributed by atoms with Crippen molar-refractivity contribution in [3.8, 4) is 0 Å². The van der Waals surface area contributed by atoms with Crippen molar-refractivity contribution in [2.75, 3.05) is 7.05 Å². The van der Waals surface area contributed by atoms with Crippen molar-refractivity contribution in [3.63, 3.8) is 0 Å². The Morgan fingerprint density at radius 2 is 2.08 bits per heavy atom. The Labute approximate surface area is 153 Å². The molecule has 26 heavy (non-hydrogen) atoms. The molecule has 0 fully saturated rings. The number of hydrogen-bond acceptors (Lipinski definition) is 4. The molecule has 1 aliphatic carbocycles. The van der Waals surface area contributed by atoms with E-state index in [-0.39, 0.29) is 17.9 Å². The Bertz CT molecular complexity index is 990. The first kappa shape index (κ1) is 16.8. The summed E-state index contributed by atoms with van der Waals surface area (Å²) in [7, 11) is 1.89. The van der Waals surface area contributed by atoms with E-state index >= 15 is 0 Å². The van der Waals surface area contributed by atoms with Gasteiger partial charge in [0.05, 0.1) is 22.7 Å². The van der Waals surface area contributed by atoms with E-state index in [9.17, 15) is 4.79 Å². The molecule has 5 nitrogen and oxygen atoms in total. The van der Waals surface area contributed by atoms with Crippen molar-refractivity contribution >= 4 is 17.0 Å². The lowest BCUT2D eigenvalue weighted by Gasteiger charge is -2.26. The topological polar surface area (TPSA) is 59.2 Å². The summed E-state index contributed by atoms with van der Waals surface area (Å²) in [5, 5.41) is 4.74. The fourth-order valence-electron chi connectivity index (χ4n) is 3.85. The molecule has 0 N–H and O–H groups in total. The number of aromatic nitrogens is 2. The van der Waals surface area contributed by atoms with Gasteiger partial charge in [-0.25, -0.2) is 4.98 Å². The lowest BCUT2D eigenvalue weighted by Crippen LogP contribution is -2.30. The van der Waals surface area contributed by atoms with Crippen LogP contribution in [-0.2, 0) is 6.42 Å². The van der Waals surface area contributed by atoms with E-state index in [1.807, 2.05) is 31.0 Å². The number of carbonyl (C=O) groups excluding carboxylic acids is 1. The van der Waals surface area contributed by atoms with Crippen LogP contribution in [0.15, 0.2) is 34.9 Å². The molecule has 0 spiro atoms. The van der Waals surface area contributed by atoms with E-state index in [0.717, 1.165) is 23.9 Å². The molecule has 2 heterocycles. The highest BCUT2D eigenvalue weighted by Gasteiger charge is 2.30. The molecular weight excluding hydrogens is 326 g/mol. The second kappa shape index (κ2) is 6.24. The zero-order chi connectivity index (χ0) is 18.4. The number of rotatable bonds is 3. The minimum atomic E-state index is -0.00713. The number of aryl methyl sites for hydroxylation is 2. The first-order valence-electron chi connectivity index (χ1n) is 9.09. The Morgan fingerprint density at radius 1 is 1.31 bits per heavy atom. The molecular formula is C21H23N3O2.